The summed E-state index contributed by atoms with van der Waals surface area (Å²) in [6, 6.07) is 16.7. The zero-order valence-corrected chi connectivity index (χ0v) is 22.2. The van der Waals surface area contributed by atoms with Gasteiger partial charge in [0.05, 0.1) is 29.1 Å². The third-order valence-corrected chi connectivity index (χ3v) is 8.02. The van der Waals surface area contributed by atoms with E-state index < -0.39 is 32.5 Å². The van der Waals surface area contributed by atoms with Crippen LogP contribution in [0.2, 0.25) is 5.02 Å². The average molecular weight is 552 g/mol. The molecular weight excluding hydrogens is 526 g/mol. The topological polar surface area (TPSA) is 122 Å². The predicted octanol–water partition coefficient (Wildman–Crippen LogP) is 4.25. The highest BCUT2D eigenvalue weighted by Crippen LogP contribution is 2.26. The molecule has 3 aromatic rings. The second kappa shape index (κ2) is 11.2. The number of nitrogens with one attached hydrogen (secondary N) is 2. The number of amides is 1. The first-order valence-electron chi connectivity index (χ1n) is 10.8. The van der Waals surface area contributed by atoms with Gasteiger partial charge in [0, 0.05) is 10.7 Å². The fourth-order valence-corrected chi connectivity index (χ4v) is 5.40. The van der Waals surface area contributed by atoms with Gasteiger partial charge < -0.3 is 10.1 Å². The second-order valence-corrected chi connectivity index (χ2v) is 11.8. The van der Waals surface area contributed by atoms with Crippen LogP contribution < -0.4 is 19.1 Å². The van der Waals surface area contributed by atoms with Crippen molar-refractivity contribution in [3.8, 4) is 5.75 Å². The molecule has 0 spiro atoms. The maximum atomic E-state index is 12.8. The Morgan fingerprint density at radius 1 is 0.972 bits per heavy atom. The normalized spacial score (nSPS) is 11.6. The number of nitrogens with zero attached hydrogens (tertiary/aromatic N) is 1. The first kappa shape index (κ1) is 27.3. The van der Waals surface area contributed by atoms with Crippen LogP contribution in [-0.2, 0) is 24.8 Å². The Hall–Kier alpha value is -3.28. The minimum Gasteiger partial charge on any atom is -0.494 e. The zero-order valence-electron chi connectivity index (χ0n) is 19.9. The molecule has 0 fully saturated rings. The summed E-state index contributed by atoms with van der Waals surface area (Å²) in [5.74, 6) is -0.0215. The van der Waals surface area contributed by atoms with Gasteiger partial charge in [-0.1, -0.05) is 17.7 Å². The molecule has 0 bridgehead atoms. The molecule has 0 saturated carbocycles. The van der Waals surface area contributed by atoms with Crippen LogP contribution in [0.4, 0.5) is 17.1 Å². The Kier molecular flexibility index (Phi) is 8.49. The van der Waals surface area contributed by atoms with Gasteiger partial charge in [0.1, 0.15) is 12.3 Å². The van der Waals surface area contributed by atoms with Crippen molar-refractivity contribution in [1.82, 2.24) is 0 Å². The van der Waals surface area contributed by atoms with Crippen molar-refractivity contribution in [2.75, 3.05) is 33.8 Å². The van der Waals surface area contributed by atoms with Crippen molar-refractivity contribution in [2.24, 2.45) is 0 Å². The molecule has 0 aliphatic rings. The van der Waals surface area contributed by atoms with E-state index in [0.29, 0.717) is 40.0 Å². The van der Waals surface area contributed by atoms with Crippen LogP contribution in [0.25, 0.3) is 0 Å². The van der Waals surface area contributed by atoms with Gasteiger partial charge in [0.25, 0.3) is 10.0 Å². The Morgan fingerprint density at radius 2 is 1.61 bits per heavy atom. The number of halogens is 1. The predicted molar refractivity (Wildman–Crippen MR) is 142 cm³/mol. The van der Waals surface area contributed by atoms with Crippen LogP contribution in [0, 0.1) is 6.92 Å². The third kappa shape index (κ3) is 6.90. The quantitative estimate of drug-likeness (QED) is 0.388. The minimum absolute atomic E-state index is 0.0213. The second-order valence-electron chi connectivity index (χ2n) is 7.79. The summed E-state index contributed by atoms with van der Waals surface area (Å²) < 4.78 is 59.0. The molecule has 0 aliphatic heterocycles. The van der Waals surface area contributed by atoms with Gasteiger partial charge >= 0.3 is 0 Å². The van der Waals surface area contributed by atoms with Crippen LogP contribution in [0.3, 0.4) is 0 Å². The van der Waals surface area contributed by atoms with Crippen LogP contribution in [0.5, 0.6) is 5.75 Å². The van der Waals surface area contributed by atoms with Crippen molar-refractivity contribution < 1.29 is 26.4 Å². The van der Waals surface area contributed by atoms with Gasteiger partial charge in [-0.2, -0.15) is 0 Å². The largest absolute Gasteiger partial charge is 0.494 e. The molecule has 3 rings (SSSR count). The number of carbonyl (C=O) groups is 1. The zero-order chi connectivity index (χ0) is 26.5. The van der Waals surface area contributed by atoms with E-state index >= 15 is 0 Å². The Bertz CT molecular complexity index is 1440. The van der Waals surface area contributed by atoms with Gasteiger partial charge in [0.2, 0.25) is 15.9 Å². The van der Waals surface area contributed by atoms with Crippen molar-refractivity contribution in [1.29, 1.82) is 0 Å². The van der Waals surface area contributed by atoms with Crippen molar-refractivity contribution in [3.05, 3.63) is 77.3 Å². The maximum absolute atomic E-state index is 12.8. The molecular formula is C24H26ClN3O6S2. The van der Waals surface area contributed by atoms with E-state index in [1.54, 1.807) is 49.4 Å². The van der Waals surface area contributed by atoms with Crippen LogP contribution in [0.15, 0.2) is 71.6 Å². The van der Waals surface area contributed by atoms with E-state index in [0.717, 1.165) is 10.6 Å². The SMILES string of the molecule is CCOc1ccc(N(CC(=O)Nc2ccc(S(=O)(=O)Nc3cccc(Cl)c3C)cc2)S(C)(=O)=O)cc1. The first-order valence-corrected chi connectivity index (χ1v) is 14.5. The standard InChI is InChI=1S/C24H26ClN3O6S2/c1-4-34-20-12-10-19(11-13-20)28(35(3,30)31)16-24(29)26-18-8-14-21(15-9-18)36(32,33)27-23-7-5-6-22(25)17(23)2/h5-15,27H,4,16H2,1-3H3,(H,26,29). The molecule has 192 valence electrons. The van der Waals surface area contributed by atoms with E-state index in [4.69, 9.17) is 16.3 Å². The molecule has 0 atom stereocenters. The van der Waals surface area contributed by atoms with Crippen LogP contribution >= 0.6 is 11.6 Å². The lowest BCUT2D eigenvalue weighted by Gasteiger charge is -2.22. The summed E-state index contributed by atoms with van der Waals surface area (Å²) in [5, 5.41) is 3.02. The van der Waals surface area contributed by atoms with Crippen LogP contribution in [-0.4, -0.2) is 42.2 Å². The Labute approximate surface area is 216 Å². The molecule has 36 heavy (non-hydrogen) atoms. The molecule has 0 aromatic heterocycles. The molecule has 3 aromatic carbocycles. The summed E-state index contributed by atoms with van der Waals surface area (Å²) in [5.41, 5.74) is 1.56. The van der Waals surface area contributed by atoms with Gasteiger partial charge in [0.15, 0.2) is 0 Å². The van der Waals surface area contributed by atoms with Crippen molar-refractivity contribution in [3.63, 3.8) is 0 Å². The molecule has 0 saturated heterocycles. The first-order chi connectivity index (χ1) is 16.9. The molecule has 9 nitrogen and oxygen atoms in total. The number of anilines is 3. The highest BCUT2D eigenvalue weighted by atomic mass is 35.5. The lowest BCUT2D eigenvalue weighted by atomic mass is 10.2. The highest BCUT2D eigenvalue weighted by Gasteiger charge is 2.21. The molecule has 0 unspecified atom stereocenters. The highest BCUT2D eigenvalue weighted by molar-refractivity contribution is 7.92. The minimum atomic E-state index is -3.90. The van der Waals surface area contributed by atoms with E-state index in [2.05, 4.69) is 10.0 Å². The van der Waals surface area contributed by atoms with Crippen molar-refractivity contribution in [2.45, 2.75) is 18.7 Å². The summed E-state index contributed by atoms with van der Waals surface area (Å²) in [7, 11) is -7.66. The van der Waals surface area contributed by atoms with Crippen LogP contribution in [0.1, 0.15) is 12.5 Å². The number of ether oxygens (including phenoxy) is 1. The maximum Gasteiger partial charge on any atom is 0.261 e. The third-order valence-electron chi connectivity index (χ3n) is 5.08. The Balaban J connectivity index is 1.71. The molecule has 0 radical (unpaired) electrons. The fraction of sp³-hybridized carbons (Fsp3) is 0.208. The lowest BCUT2D eigenvalue weighted by molar-refractivity contribution is -0.114. The monoisotopic (exact) mass is 551 g/mol. The summed E-state index contributed by atoms with van der Waals surface area (Å²) in [6.45, 7) is 3.53. The molecule has 12 heteroatoms. The van der Waals surface area contributed by atoms with E-state index in [1.165, 1.54) is 24.3 Å². The Morgan fingerprint density at radius 3 is 2.19 bits per heavy atom. The lowest BCUT2D eigenvalue weighted by Crippen LogP contribution is -2.37. The van der Waals surface area contributed by atoms with Gasteiger partial charge in [-0.15, -0.1) is 0 Å². The molecule has 2 N–H and O–H groups in total. The number of hydrogen-bond acceptors (Lipinski definition) is 6. The smallest absolute Gasteiger partial charge is 0.261 e. The van der Waals surface area contributed by atoms with Crippen molar-refractivity contribution >= 4 is 54.6 Å². The van der Waals surface area contributed by atoms with E-state index in [9.17, 15) is 21.6 Å². The van der Waals surface area contributed by atoms with E-state index in [1.807, 2.05) is 6.92 Å². The average Bonchev–Trinajstić information content (AvgIpc) is 2.81. The number of hydrogen-bond donors (Lipinski definition) is 2. The number of benzene rings is 3. The summed E-state index contributed by atoms with van der Waals surface area (Å²) in [6.07, 6.45) is 1.00. The summed E-state index contributed by atoms with van der Waals surface area (Å²) in [4.78, 5) is 12.6. The van der Waals surface area contributed by atoms with E-state index in [-0.39, 0.29) is 4.90 Å². The number of rotatable bonds is 10. The molecule has 0 aliphatic carbocycles. The number of sulfonamides is 2. The van der Waals surface area contributed by atoms with Gasteiger partial charge in [-0.05, 0) is 80.1 Å². The summed E-state index contributed by atoms with van der Waals surface area (Å²) >= 11 is 6.06. The molecule has 1 amide bonds. The van der Waals surface area contributed by atoms with Gasteiger partial charge in [-0.25, -0.2) is 16.8 Å². The van der Waals surface area contributed by atoms with Gasteiger partial charge in [-0.3, -0.25) is 13.8 Å². The molecule has 0 heterocycles. The fourth-order valence-electron chi connectivity index (χ4n) is 3.25. The number of carbonyl (C=O) groups excluding carboxylic acids is 1.